The molecule has 0 aliphatic carbocycles. The third-order valence-corrected chi connectivity index (χ3v) is 2.00. The van der Waals surface area contributed by atoms with E-state index in [4.69, 9.17) is 0 Å². The van der Waals surface area contributed by atoms with Gasteiger partial charge in [0.2, 0.25) is 0 Å². The number of anilines is 1. The smallest absolute Gasteiger partial charge is 0.396 e. The number of para-hydroxylation sites is 1. The standard InChI is InChI=1S/C11H14N2O3/c1-12-7-8-5-3-4-6-9(8)13-10(14)11(15)16-2/h3-6,12H,7H2,1-2H3,(H,13,14). The Labute approximate surface area is 93.8 Å². The predicted octanol–water partition coefficient (Wildman–Crippen LogP) is 0.517. The van der Waals surface area contributed by atoms with Crippen LogP contribution in [0.1, 0.15) is 5.56 Å². The minimum Gasteiger partial charge on any atom is -0.462 e. The molecule has 1 aromatic rings. The van der Waals surface area contributed by atoms with Crippen LogP contribution < -0.4 is 10.6 Å². The van der Waals surface area contributed by atoms with Gasteiger partial charge in [0.05, 0.1) is 7.11 Å². The molecule has 0 aromatic heterocycles. The Morgan fingerprint density at radius 1 is 1.31 bits per heavy atom. The summed E-state index contributed by atoms with van der Waals surface area (Å²) in [6.45, 7) is 0.609. The molecule has 1 aromatic carbocycles. The molecule has 2 N–H and O–H groups in total. The summed E-state index contributed by atoms with van der Waals surface area (Å²) in [5.41, 5.74) is 1.51. The third kappa shape index (κ3) is 3.06. The van der Waals surface area contributed by atoms with Crippen LogP contribution in [-0.4, -0.2) is 26.0 Å². The number of amides is 1. The summed E-state index contributed by atoms with van der Waals surface area (Å²) < 4.78 is 4.32. The molecule has 5 nitrogen and oxygen atoms in total. The second kappa shape index (κ2) is 5.87. The van der Waals surface area contributed by atoms with Gasteiger partial charge in [0, 0.05) is 12.2 Å². The van der Waals surface area contributed by atoms with Crippen molar-refractivity contribution in [3.63, 3.8) is 0 Å². The van der Waals surface area contributed by atoms with Crippen molar-refractivity contribution in [2.45, 2.75) is 6.54 Å². The highest BCUT2D eigenvalue weighted by atomic mass is 16.5. The van der Waals surface area contributed by atoms with Crippen molar-refractivity contribution in [3.8, 4) is 0 Å². The first kappa shape index (κ1) is 12.2. The van der Waals surface area contributed by atoms with Crippen LogP contribution in [0.25, 0.3) is 0 Å². The van der Waals surface area contributed by atoms with Gasteiger partial charge in [-0.25, -0.2) is 4.79 Å². The Bertz CT molecular complexity index is 391. The molecule has 0 heterocycles. The molecule has 0 aliphatic heterocycles. The van der Waals surface area contributed by atoms with Gasteiger partial charge in [-0.3, -0.25) is 4.79 Å². The molecule has 0 fully saturated rings. The van der Waals surface area contributed by atoms with Crippen molar-refractivity contribution in [1.82, 2.24) is 5.32 Å². The molecule has 0 radical (unpaired) electrons. The molecule has 1 rings (SSSR count). The lowest BCUT2D eigenvalue weighted by molar-refractivity contribution is -0.150. The molecule has 16 heavy (non-hydrogen) atoms. The lowest BCUT2D eigenvalue weighted by Gasteiger charge is -2.09. The molecule has 0 unspecified atom stereocenters. The Hall–Kier alpha value is -1.88. The molecule has 0 saturated carbocycles. The first-order valence-electron chi connectivity index (χ1n) is 4.81. The summed E-state index contributed by atoms with van der Waals surface area (Å²) in [4.78, 5) is 22.2. The number of rotatable bonds is 3. The fraction of sp³-hybridized carbons (Fsp3) is 0.273. The van der Waals surface area contributed by atoms with Gasteiger partial charge in [-0.2, -0.15) is 0 Å². The van der Waals surface area contributed by atoms with Crippen LogP contribution in [0.5, 0.6) is 0 Å². The maximum Gasteiger partial charge on any atom is 0.396 e. The fourth-order valence-electron chi connectivity index (χ4n) is 1.25. The van der Waals surface area contributed by atoms with E-state index in [1.165, 1.54) is 7.11 Å². The molecule has 1 amide bonds. The summed E-state index contributed by atoms with van der Waals surface area (Å²) in [5, 5.41) is 5.47. The maximum absolute atomic E-state index is 11.3. The SMILES string of the molecule is CNCc1ccccc1NC(=O)C(=O)OC. The van der Waals surface area contributed by atoms with Crippen LogP contribution in [0.3, 0.4) is 0 Å². The van der Waals surface area contributed by atoms with Crippen LogP contribution in [0.4, 0.5) is 5.69 Å². The average Bonchev–Trinajstić information content (AvgIpc) is 2.31. The molecule has 0 bridgehead atoms. The van der Waals surface area contributed by atoms with Gasteiger partial charge in [0.1, 0.15) is 0 Å². The molecule has 0 atom stereocenters. The zero-order valence-electron chi connectivity index (χ0n) is 9.24. The van der Waals surface area contributed by atoms with E-state index in [0.29, 0.717) is 12.2 Å². The predicted molar refractivity (Wildman–Crippen MR) is 59.9 cm³/mol. The number of nitrogens with one attached hydrogen (secondary N) is 2. The van der Waals surface area contributed by atoms with Crippen LogP contribution >= 0.6 is 0 Å². The number of hydrogen-bond acceptors (Lipinski definition) is 4. The van der Waals surface area contributed by atoms with Crippen molar-refractivity contribution < 1.29 is 14.3 Å². The van der Waals surface area contributed by atoms with Crippen molar-refractivity contribution in [1.29, 1.82) is 0 Å². The Kier molecular flexibility index (Phi) is 4.47. The Balaban J connectivity index is 2.80. The minimum absolute atomic E-state index is 0.604. The first-order chi connectivity index (χ1) is 7.69. The number of methoxy groups -OCH3 is 1. The van der Waals surface area contributed by atoms with Gasteiger partial charge >= 0.3 is 11.9 Å². The van der Waals surface area contributed by atoms with E-state index in [1.807, 2.05) is 12.1 Å². The van der Waals surface area contributed by atoms with E-state index < -0.39 is 11.9 Å². The van der Waals surface area contributed by atoms with Crippen molar-refractivity contribution in [2.24, 2.45) is 0 Å². The van der Waals surface area contributed by atoms with Crippen LogP contribution in [0.15, 0.2) is 24.3 Å². The highest BCUT2D eigenvalue weighted by Crippen LogP contribution is 2.14. The lowest BCUT2D eigenvalue weighted by Crippen LogP contribution is -2.24. The molecular weight excluding hydrogens is 208 g/mol. The molecule has 0 spiro atoms. The van der Waals surface area contributed by atoms with Crippen molar-refractivity contribution in [3.05, 3.63) is 29.8 Å². The third-order valence-electron chi connectivity index (χ3n) is 2.00. The van der Waals surface area contributed by atoms with Crippen molar-refractivity contribution in [2.75, 3.05) is 19.5 Å². The molecule has 5 heteroatoms. The summed E-state index contributed by atoms with van der Waals surface area (Å²) in [7, 11) is 2.97. The number of hydrogen-bond donors (Lipinski definition) is 2. The Morgan fingerprint density at radius 2 is 2.00 bits per heavy atom. The summed E-state index contributed by atoms with van der Waals surface area (Å²) in [6.07, 6.45) is 0. The van der Waals surface area contributed by atoms with E-state index in [2.05, 4.69) is 15.4 Å². The van der Waals surface area contributed by atoms with E-state index in [1.54, 1.807) is 19.2 Å². The first-order valence-corrected chi connectivity index (χ1v) is 4.81. The molecule has 0 aliphatic rings. The van der Waals surface area contributed by atoms with Crippen LogP contribution in [0.2, 0.25) is 0 Å². The number of ether oxygens (including phenoxy) is 1. The van der Waals surface area contributed by atoms with E-state index >= 15 is 0 Å². The normalized spacial score (nSPS) is 9.62. The summed E-state index contributed by atoms with van der Waals surface area (Å²) in [6, 6.07) is 7.24. The highest BCUT2D eigenvalue weighted by molar-refractivity contribution is 6.37. The average molecular weight is 222 g/mol. The van der Waals surface area contributed by atoms with Gasteiger partial charge in [-0.05, 0) is 18.7 Å². The van der Waals surface area contributed by atoms with Gasteiger partial charge < -0.3 is 15.4 Å². The van der Waals surface area contributed by atoms with Crippen molar-refractivity contribution >= 4 is 17.6 Å². The quantitative estimate of drug-likeness (QED) is 0.578. The van der Waals surface area contributed by atoms with E-state index in [0.717, 1.165) is 5.56 Å². The topological polar surface area (TPSA) is 67.4 Å². The maximum atomic E-state index is 11.3. The largest absolute Gasteiger partial charge is 0.462 e. The van der Waals surface area contributed by atoms with Crippen LogP contribution in [0, 0.1) is 0 Å². The zero-order chi connectivity index (χ0) is 12.0. The second-order valence-corrected chi connectivity index (χ2v) is 3.13. The lowest BCUT2D eigenvalue weighted by atomic mass is 10.2. The number of benzene rings is 1. The van der Waals surface area contributed by atoms with E-state index in [-0.39, 0.29) is 0 Å². The number of carbonyl (C=O) groups excluding carboxylic acids is 2. The fourth-order valence-corrected chi connectivity index (χ4v) is 1.25. The van der Waals surface area contributed by atoms with Gasteiger partial charge in [-0.15, -0.1) is 0 Å². The van der Waals surface area contributed by atoms with Gasteiger partial charge in [-0.1, -0.05) is 18.2 Å². The number of esters is 1. The summed E-state index contributed by atoms with van der Waals surface area (Å²) >= 11 is 0. The van der Waals surface area contributed by atoms with Crippen LogP contribution in [-0.2, 0) is 20.9 Å². The van der Waals surface area contributed by atoms with E-state index in [9.17, 15) is 9.59 Å². The highest BCUT2D eigenvalue weighted by Gasteiger charge is 2.14. The molecule has 86 valence electrons. The summed E-state index contributed by atoms with van der Waals surface area (Å²) in [5.74, 6) is -1.68. The minimum atomic E-state index is -0.903. The number of carbonyl (C=O) groups is 2. The molecule has 0 saturated heterocycles. The van der Waals surface area contributed by atoms with Gasteiger partial charge in [0.25, 0.3) is 0 Å². The second-order valence-electron chi connectivity index (χ2n) is 3.13. The zero-order valence-corrected chi connectivity index (χ0v) is 9.24. The monoisotopic (exact) mass is 222 g/mol. The molecular formula is C11H14N2O3. The van der Waals surface area contributed by atoms with Gasteiger partial charge in [0.15, 0.2) is 0 Å². The Morgan fingerprint density at radius 3 is 2.62 bits per heavy atom.